The number of rotatable bonds is 4. The van der Waals surface area contributed by atoms with Crippen LogP contribution in [0.15, 0.2) is 52.9 Å². The van der Waals surface area contributed by atoms with E-state index in [9.17, 15) is 0 Å². The molecule has 0 amide bonds. The minimum atomic E-state index is 0.493. The molecule has 5 heteroatoms. The fourth-order valence-electron chi connectivity index (χ4n) is 3.19. The van der Waals surface area contributed by atoms with Crippen LogP contribution >= 0.6 is 0 Å². The predicted molar refractivity (Wildman–Crippen MR) is 92.1 cm³/mol. The summed E-state index contributed by atoms with van der Waals surface area (Å²) in [4.78, 5) is 2.30. The van der Waals surface area contributed by atoms with Gasteiger partial charge in [0.1, 0.15) is 5.75 Å². The molecule has 0 fully saturated rings. The van der Waals surface area contributed by atoms with Gasteiger partial charge in [-0.2, -0.15) is 0 Å². The van der Waals surface area contributed by atoms with E-state index < -0.39 is 0 Å². The average molecular weight is 321 g/mol. The zero-order valence-corrected chi connectivity index (χ0v) is 13.6. The monoisotopic (exact) mass is 321 g/mol. The summed E-state index contributed by atoms with van der Waals surface area (Å²) in [7, 11) is 1.64. The van der Waals surface area contributed by atoms with Crippen molar-refractivity contribution in [2.24, 2.45) is 0 Å². The molecule has 5 nitrogen and oxygen atoms in total. The van der Waals surface area contributed by atoms with Gasteiger partial charge in [-0.25, -0.2) is 0 Å². The number of ether oxygens (including phenoxy) is 1. The van der Waals surface area contributed by atoms with E-state index >= 15 is 0 Å². The van der Waals surface area contributed by atoms with Crippen LogP contribution in [0, 0.1) is 0 Å². The normalized spacial score (nSPS) is 13.6. The second kappa shape index (κ2) is 6.35. The van der Waals surface area contributed by atoms with E-state index in [1.54, 1.807) is 7.11 Å². The fraction of sp³-hybridized carbons (Fsp3) is 0.263. The molecule has 0 unspecified atom stereocenters. The average Bonchev–Trinajstić information content (AvgIpc) is 3.10. The van der Waals surface area contributed by atoms with E-state index in [-0.39, 0.29) is 0 Å². The third-order valence-corrected chi connectivity index (χ3v) is 4.34. The van der Waals surface area contributed by atoms with Crippen LogP contribution in [0.2, 0.25) is 0 Å². The van der Waals surface area contributed by atoms with Crippen molar-refractivity contribution in [2.45, 2.75) is 19.4 Å². The maximum absolute atomic E-state index is 5.89. The van der Waals surface area contributed by atoms with Gasteiger partial charge in [0.15, 0.2) is 0 Å². The van der Waals surface area contributed by atoms with Crippen molar-refractivity contribution in [1.29, 1.82) is 0 Å². The zero-order valence-electron chi connectivity index (χ0n) is 13.6. The Bertz CT molecular complexity index is 844. The Morgan fingerprint density at radius 2 is 1.92 bits per heavy atom. The number of para-hydroxylation sites is 2. The summed E-state index contributed by atoms with van der Waals surface area (Å²) in [5, 5.41) is 8.41. The number of benzene rings is 2. The van der Waals surface area contributed by atoms with Crippen LogP contribution in [-0.4, -0.2) is 23.9 Å². The van der Waals surface area contributed by atoms with Crippen molar-refractivity contribution in [1.82, 2.24) is 10.2 Å². The van der Waals surface area contributed by atoms with E-state index in [2.05, 4.69) is 39.4 Å². The second-order valence-corrected chi connectivity index (χ2v) is 5.86. The molecule has 0 radical (unpaired) electrons. The van der Waals surface area contributed by atoms with Crippen LogP contribution < -0.4 is 9.64 Å². The molecule has 0 atom stereocenters. The molecule has 122 valence electrons. The minimum absolute atomic E-state index is 0.493. The first-order valence-corrected chi connectivity index (χ1v) is 8.14. The lowest BCUT2D eigenvalue weighted by atomic mass is 10.0. The number of fused-ring (bicyclic) bond motifs is 1. The molecule has 2 aromatic carbocycles. The molecule has 2 heterocycles. The lowest BCUT2D eigenvalue weighted by molar-refractivity contribution is 0.413. The Morgan fingerprint density at radius 1 is 1.08 bits per heavy atom. The molecule has 0 N–H and O–H groups in total. The summed E-state index contributed by atoms with van der Waals surface area (Å²) in [5.74, 6) is 1.84. The Balaban J connectivity index is 1.59. The highest BCUT2D eigenvalue weighted by molar-refractivity contribution is 5.62. The van der Waals surface area contributed by atoms with Gasteiger partial charge in [-0.3, -0.25) is 0 Å². The number of hydrogen-bond donors (Lipinski definition) is 0. The smallest absolute Gasteiger partial charge is 0.251 e. The molecular weight excluding hydrogens is 302 g/mol. The molecule has 24 heavy (non-hydrogen) atoms. The Labute approximate surface area is 140 Å². The van der Waals surface area contributed by atoms with Gasteiger partial charge in [-0.05, 0) is 36.6 Å². The molecule has 0 aliphatic carbocycles. The van der Waals surface area contributed by atoms with Crippen LogP contribution in [0.1, 0.15) is 17.9 Å². The first kappa shape index (κ1) is 14.8. The first-order chi connectivity index (χ1) is 11.8. The van der Waals surface area contributed by atoms with Crippen molar-refractivity contribution >= 4 is 5.69 Å². The Kier molecular flexibility index (Phi) is 3.91. The highest BCUT2D eigenvalue weighted by atomic mass is 16.5. The number of methoxy groups -OCH3 is 1. The molecule has 1 aliphatic rings. The topological polar surface area (TPSA) is 51.4 Å². The molecule has 0 bridgehead atoms. The number of aryl methyl sites for hydroxylation is 1. The van der Waals surface area contributed by atoms with Gasteiger partial charge in [0, 0.05) is 12.2 Å². The molecule has 0 saturated carbocycles. The lowest BCUT2D eigenvalue weighted by Crippen LogP contribution is -2.28. The maximum atomic E-state index is 5.89. The highest BCUT2D eigenvalue weighted by Crippen LogP contribution is 2.30. The summed E-state index contributed by atoms with van der Waals surface area (Å²) in [5.41, 5.74) is 3.46. The summed E-state index contributed by atoms with van der Waals surface area (Å²) < 4.78 is 11.3. The largest absolute Gasteiger partial charge is 0.496 e. The third-order valence-electron chi connectivity index (χ3n) is 4.34. The quantitative estimate of drug-likeness (QED) is 0.733. The van der Waals surface area contributed by atoms with Gasteiger partial charge in [0.05, 0.1) is 19.2 Å². The van der Waals surface area contributed by atoms with E-state index in [1.807, 2.05) is 24.3 Å². The first-order valence-electron chi connectivity index (χ1n) is 8.14. The zero-order chi connectivity index (χ0) is 16.4. The van der Waals surface area contributed by atoms with Crippen molar-refractivity contribution < 1.29 is 9.15 Å². The van der Waals surface area contributed by atoms with Gasteiger partial charge < -0.3 is 14.1 Å². The Morgan fingerprint density at radius 3 is 2.83 bits per heavy atom. The summed E-state index contributed by atoms with van der Waals surface area (Å²) in [6, 6.07) is 16.2. The molecular formula is C19H19N3O2. The van der Waals surface area contributed by atoms with Crippen LogP contribution in [0.4, 0.5) is 5.69 Å². The fourth-order valence-corrected chi connectivity index (χ4v) is 3.19. The van der Waals surface area contributed by atoms with Gasteiger partial charge in [0.25, 0.3) is 5.89 Å². The number of aromatic nitrogens is 2. The molecule has 4 rings (SSSR count). The number of hydrogen-bond acceptors (Lipinski definition) is 5. The summed E-state index contributed by atoms with van der Waals surface area (Å²) in [6.45, 7) is 1.63. The highest BCUT2D eigenvalue weighted by Gasteiger charge is 2.19. The number of nitrogens with zero attached hydrogens (tertiary/aromatic N) is 3. The molecule has 0 saturated heterocycles. The third kappa shape index (κ3) is 2.73. The van der Waals surface area contributed by atoms with E-state index in [0.717, 1.165) is 30.7 Å². The van der Waals surface area contributed by atoms with Gasteiger partial charge >= 0.3 is 0 Å². The molecule has 1 aliphatic heterocycles. The van der Waals surface area contributed by atoms with Crippen molar-refractivity contribution in [3.05, 3.63) is 60.0 Å². The van der Waals surface area contributed by atoms with Crippen LogP contribution in [-0.2, 0) is 13.0 Å². The predicted octanol–water partition coefficient (Wildman–Crippen LogP) is 3.70. The SMILES string of the molecule is COc1ccccc1-c1nnc(CN2CCCc3ccccc32)o1. The van der Waals surface area contributed by atoms with Gasteiger partial charge in [-0.1, -0.05) is 30.3 Å². The van der Waals surface area contributed by atoms with Crippen LogP contribution in [0.25, 0.3) is 11.5 Å². The van der Waals surface area contributed by atoms with Crippen LogP contribution in [0.3, 0.4) is 0 Å². The molecule has 3 aromatic rings. The van der Waals surface area contributed by atoms with Crippen LogP contribution in [0.5, 0.6) is 5.75 Å². The Hall–Kier alpha value is -2.82. The molecule has 0 spiro atoms. The lowest BCUT2D eigenvalue weighted by Gasteiger charge is -2.29. The van der Waals surface area contributed by atoms with Gasteiger partial charge in [-0.15, -0.1) is 10.2 Å². The van der Waals surface area contributed by atoms with Crippen molar-refractivity contribution in [3.8, 4) is 17.2 Å². The standard InChI is InChI=1S/C19H19N3O2/c1-23-17-11-5-3-9-15(17)19-21-20-18(24-19)13-22-12-6-8-14-7-2-4-10-16(14)22/h2-5,7,9-11H,6,8,12-13H2,1H3. The van der Waals surface area contributed by atoms with Gasteiger partial charge in [0.2, 0.25) is 5.89 Å². The van der Waals surface area contributed by atoms with Crippen molar-refractivity contribution in [3.63, 3.8) is 0 Å². The maximum Gasteiger partial charge on any atom is 0.251 e. The summed E-state index contributed by atoms with van der Waals surface area (Å²) in [6.07, 6.45) is 2.27. The molecule has 1 aromatic heterocycles. The van der Waals surface area contributed by atoms with Crippen molar-refractivity contribution in [2.75, 3.05) is 18.6 Å². The number of anilines is 1. The minimum Gasteiger partial charge on any atom is -0.496 e. The van der Waals surface area contributed by atoms with E-state index in [0.29, 0.717) is 18.3 Å². The second-order valence-electron chi connectivity index (χ2n) is 5.86. The van der Waals surface area contributed by atoms with E-state index in [1.165, 1.54) is 11.3 Å². The van der Waals surface area contributed by atoms with E-state index in [4.69, 9.17) is 9.15 Å². The summed E-state index contributed by atoms with van der Waals surface area (Å²) >= 11 is 0.